The van der Waals surface area contributed by atoms with Gasteiger partial charge >= 0.3 is 6.18 Å². The molecule has 1 aromatic heterocycles. The van der Waals surface area contributed by atoms with Crippen molar-refractivity contribution in [2.45, 2.75) is 30.0 Å². The molecular formula is C19H17ClF3N3O3S. The number of nitrogens with one attached hydrogen (secondary N) is 1. The van der Waals surface area contributed by atoms with Gasteiger partial charge in [-0.2, -0.15) is 18.2 Å². The van der Waals surface area contributed by atoms with Crippen LogP contribution < -0.4 is 9.62 Å². The van der Waals surface area contributed by atoms with Gasteiger partial charge in [-0.1, -0.05) is 23.7 Å². The van der Waals surface area contributed by atoms with Gasteiger partial charge in [0.2, 0.25) is 10.0 Å². The van der Waals surface area contributed by atoms with Crippen molar-refractivity contribution < 1.29 is 26.0 Å². The molecule has 0 aliphatic carbocycles. The van der Waals surface area contributed by atoms with E-state index >= 15 is 0 Å². The van der Waals surface area contributed by atoms with Crippen LogP contribution in [-0.2, 0) is 16.2 Å². The Morgan fingerprint density at radius 2 is 2.00 bits per heavy atom. The molecule has 2 aromatic carbocycles. The Balaban J connectivity index is 1.52. The van der Waals surface area contributed by atoms with Crippen molar-refractivity contribution in [1.29, 1.82) is 0 Å². The Bertz CT molecular complexity index is 1150. The maximum Gasteiger partial charge on any atom is 0.417 e. The highest BCUT2D eigenvalue weighted by Gasteiger charge is 2.35. The number of hydrogen-bond donors (Lipinski definition) is 1. The van der Waals surface area contributed by atoms with Crippen LogP contribution in [0.3, 0.4) is 0 Å². The predicted octanol–water partition coefficient (Wildman–Crippen LogP) is 4.45. The van der Waals surface area contributed by atoms with Gasteiger partial charge in [0.25, 0.3) is 6.01 Å². The van der Waals surface area contributed by atoms with Gasteiger partial charge in [0, 0.05) is 19.1 Å². The van der Waals surface area contributed by atoms with E-state index < -0.39 is 31.7 Å². The largest absolute Gasteiger partial charge is 0.423 e. The molecule has 11 heteroatoms. The molecule has 1 atom stereocenters. The smallest absolute Gasteiger partial charge is 0.417 e. The number of oxazole rings is 1. The monoisotopic (exact) mass is 459 g/mol. The van der Waals surface area contributed by atoms with E-state index in [-0.39, 0.29) is 12.6 Å². The zero-order valence-corrected chi connectivity index (χ0v) is 17.1. The van der Waals surface area contributed by atoms with Crippen LogP contribution in [0.4, 0.5) is 19.2 Å². The minimum Gasteiger partial charge on any atom is -0.423 e. The number of nitrogens with zero attached hydrogens (tertiary/aromatic N) is 2. The zero-order chi connectivity index (χ0) is 21.5. The normalized spacial score (nSPS) is 17.7. The molecule has 160 valence electrons. The summed E-state index contributed by atoms with van der Waals surface area (Å²) >= 11 is 5.57. The Labute approximate surface area is 175 Å². The lowest BCUT2D eigenvalue weighted by Gasteiger charge is -2.23. The minimum atomic E-state index is -4.75. The molecule has 0 saturated carbocycles. The van der Waals surface area contributed by atoms with Crippen molar-refractivity contribution >= 4 is 38.7 Å². The Kier molecular flexibility index (Phi) is 5.41. The zero-order valence-electron chi connectivity index (χ0n) is 15.5. The number of para-hydroxylation sites is 2. The van der Waals surface area contributed by atoms with E-state index in [9.17, 15) is 21.6 Å². The van der Waals surface area contributed by atoms with Crippen LogP contribution in [0.15, 0.2) is 51.8 Å². The van der Waals surface area contributed by atoms with Gasteiger partial charge in [0.15, 0.2) is 5.58 Å². The molecule has 4 rings (SSSR count). The van der Waals surface area contributed by atoms with Crippen molar-refractivity contribution in [3.63, 3.8) is 0 Å². The van der Waals surface area contributed by atoms with E-state index in [4.69, 9.17) is 16.0 Å². The van der Waals surface area contributed by atoms with Crippen molar-refractivity contribution in [2.24, 2.45) is 0 Å². The van der Waals surface area contributed by atoms with Crippen molar-refractivity contribution in [3.8, 4) is 0 Å². The topological polar surface area (TPSA) is 75.4 Å². The second-order valence-corrected chi connectivity index (χ2v) is 9.12. The highest BCUT2D eigenvalue weighted by molar-refractivity contribution is 7.89. The Hall–Kier alpha value is -2.30. The third kappa shape index (κ3) is 4.12. The average molecular weight is 460 g/mol. The first-order valence-corrected chi connectivity index (χ1v) is 11.0. The van der Waals surface area contributed by atoms with Gasteiger partial charge in [-0.25, -0.2) is 13.1 Å². The molecule has 1 saturated heterocycles. The van der Waals surface area contributed by atoms with E-state index in [1.165, 1.54) is 0 Å². The van der Waals surface area contributed by atoms with Crippen LogP contribution in [0, 0.1) is 0 Å². The number of anilines is 1. The molecule has 1 fully saturated rings. The minimum absolute atomic E-state index is 0.00500. The molecule has 1 aliphatic rings. The van der Waals surface area contributed by atoms with E-state index in [0.29, 0.717) is 36.1 Å². The van der Waals surface area contributed by atoms with Crippen LogP contribution in [0.25, 0.3) is 11.1 Å². The third-order valence-corrected chi connectivity index (χ3v) is 6.72. The summed E-state index contributed by atoms with van der Waals surface area (Å²) < 4.78 is 72.5. The summed E-state index contributed by atoms with van der Waals surface area (Å²) in [6.07, 6.45) is -3.25. The van der Waals surface area contributed by atoms with Crippen molar-refractivity contribution in [3.05, 3.63) is 53.1 Å². The van der Waals surface area contributed by atoms with Gasteiger partial charge in [0.05, 0.1) is 15.5 Å². The Morgan fingerprint density at radius 1 is 1.23 bits per heavy atom. The second kappa shape index (κ2) is 7.75. The number of aromatic nitrogens is 1. The fourth-order valence-electron chi connectivity index (χ4n) is 3.46. The fourth-order valence-corrected chi connectivity index (χ4v) is 4.78. The highest BCUT2D eigenvalue weighted by Crippen LogP contribution is 2.36. The summed E-state index contributed by atoms with van der Waals surface area (Å²) in [5, 5.41) is -0.556. The number of benzene rings is 2. The molecule has 3 aromatic rings. The number of halogens is 4. The molecule has 1 aliphatic heterocycles. The average Bonchev–Trinajstić information content (AvgIpc) is 3.32. The van der Waals surface area contributed by atoms with E-state index in [1.807, 2.05) is 23.1 Å². The summed E-state index contributed by atoms with van der Waals surface area (Å²) in [5.41, 5.74) is 0.125. The summed E-state index contributed by atoms with van der Waals surface area (Å²) in [6, 6.07) is 9.95. The third-order valence-electron chi connectivity index (χ3n) is 4.97. The van der Waals surface area contributed by atoms with Gasteiger partial charge < -0.3 is 9.32 Å². The van der Waals surface area contributed by atoms with Crippen LogP contribution >= 0.6 is 11.6 Å². The molecule has 1 unspecified atom stereocenters. The van der Waals surface area contributed by atoms with Crippen LogP contribution in [0.2, 0.25) is 5.02 Å². The number of alkyl halides is 3. The molecule has 2 heterocycles. The second-order valence-electron chi connectivity index (χ2n) is 6.94. The number of hydrogen-bond acceptors (Lipinski definition) is 5. The van der Waals surface area contributed by atoms with Crippen LogP contribution in [0.1, 0.15) is 18.4 Å². The highest BCUT2D eigenvalue weighted by atomic mass is 35.5. The molecule has 0 radical (unpaired) electrons. The van der Waals surface area contributed by atoms with E-state index in [2.05, 4.69) is 9.71 Å². The van der Waals surface area contributed by atoms with Crippen molar-refractivity contribution in [2.75, 3.05) is 18.0 Å². The van der Waals surface area contributed by atoms with Gasteiger partial charge in [-0.05, 0) is 43.2 Å². The fraction of sp³-hybridized carbons (Fsp3) is 0.316. The summed E-state index contributed by atoms with van der Waals surface area (Å²) in [5.74, 6) is 0. The number of fused-ring (bicyclic) bond motifs is 1. The molecule has 0 bridgehead atoms. The first-order valence-electron chi connectivity index (χ1n) is 9.14. The molecular weight excluding hydrogens is 443 g/mol. The van der Waals surface area contributed by atoms with Gasteiger partial charge in [-0.3, -0.25) is 0 Å². The maximum absolute atomic E-state index is 13.1. The Morgan fingerprint density at radius 3 is 2.73 bits per heavy atom. The van der Waals surface area contributed by atoms with Gasteiger partial charge in [-0.15, -0.1) is 0 Å². The van der Waals surface area contributed by atoms with E-state index in [1.54, 1.807) is 6.07 Å². The standard InChI is InChI=1S/C19H17ClF3N3O3S/c20-15-8-7-13(10-14(15)19(21,22)23)30(27,28)24-11-12-4-3-9-26(12)18-25-16-5-1-2-6-17(16)29-18/h1-2,5-8,10,12,24H,3-4,9,11H2. The molecule has 0 spiro atoms. The van der Waals surface area contributed by atoms with Crippen molar-refractivity contribution in [1.82, 2.24) is 9.71 Å². The van der Waals surface area contributed by atoms with Crippen LogP contribution in [-0.4, -0.2) is 32.5 Å². The molecule has 0 amide bonds. The SMILES string of the molecule is O=S(=O)(NCC1CCCN1c1nc2ccccc2o1)c1ccc(Cl)c(C(F)(F)F)c1. The molecule has 6 nitrogen and oxygen atoms in total. The summed E-state index contributed by atoms with van der Waals surface area (Å²) in [7, 11) is -4.16. The first-order chi connectivity index (χ1) is 14.1. The quantitative estimate of drug-likeness (QED) is 0.610. The lowest BCUT2D eigenvalue weighted by Crippen LogP contribution is -2.40. The molecule has 1 N–H and O–H groups in total. The first kappa shape index (κ1) is 21.0. The summed E-state index contributed by atoms with van der Waals surface area (Å²) in [6.45, 7) is 0.642. The maximum atomic E-state index is 13.1. The number of rotatable bonds is 5. The van der Waals surface area contributed by atoms with Crippen LogP contribution in [0.5, 0.6) is 0 Å². The predicted molar refractivity (Wildman–Crippen MR) is 106 cm³/mol. The van der Waals surface area contributed by atoms with Gasteiger partial charge in [0.1, 0.15) is 5.52 Å². The summed E-state index contributed by atoms with van der Waals surface area (Å²) in [4.78, 5) is 5.81. The molecule has 30 heavy (non-hydrogen) atoms. The lowest BCUT2D eigenvalue weighted by molar-refractivity contribution is -0.137. The van der Waals surface area contributed by atoms with E-state index in [0.717, 1.165) is 18.6 Å². The number of sulfonamides is 1. The lowest BCUT2D eigenvalue weighted by atomic mass is 10.2.